The van der Waals surface area contributed by atoms with Gasteiger partial charge in [-0.2, -0.15) is 0 Å². The molecule has 0 bridgehead atoms. The smallest absolute Gasteiger partial charge is 0.314 e. The molecule has 0 saturated carbocycles. The van der Waals surface area contributed by atoms with Crippen molar-refractivity contribution in [3.63, 3.8) is 0 Å². The predicted octanol–water partition coefficient (Wildman–Crippen LogP) is 2.24. The van der Waals surface area contributed by atoms with Crippen molar-refractivity contribution in [2.75, 3.05) is 5.32 Å². The molecule has 1 aromatic carbocycles. The largest absolute Gasteiger partial charge is 0.322 e. The van der Waals surface area contributed by atoms with E-state index >= 15 is 0 Å². The number of hydrogen-bond acceptors (Lipinski definition) is 3. The number of aromatic amines is 1. The van der Waals surface area contributed by atoms with Gasteiger partial charge < -0.3 is 15.2 Å². The lowest BCUT2D eigenvalue weighted by atomic mass is 10.1. The summed E-state index contributed by atoms with van der Waals surface area (Å²) in [5.41, 5.74) is 4.03. The molecule has 1 aromatic heterocycles. The van der Waals surface area contributed by atoms with Crippen LogP contribution in [-0.2, 0) is 13.1 Å². The van der Waals surface area contributed by atoms with Gasteiger partial charge in [0.05, 0.1) is 24.3 Å². The Labute approximate surface area is 128 Å². The number of carbonyl (C=O) groups is 1. The molecular weight excluding hydrogens is 280 g/mol. The molecule has 2 amide bonds. The molecule has 0 saturated heterocycles. The van der Waals surface area contributed by atoms with Crippen LogP contribution >= 0.6 is 0 Å². The number of hydrogen-bond donors (Lipinski definition) is 2. The molecule has 0 spiro atoms. The first-order chi connectivity index (χ1) is 10.4. The number of benzene rings is 1. The van der Waals surface area contributed by atoms with Gasteiger partial charge in [0, 0.05) is 5.69 Å². The standard InChI is InChI=1S/C16H18N4O2/c1-9-4-10(2)6-12(5-9)19-16(22)20-7-13-14(8-20)17-11(3)18-15(13)21/h4-6H,7-8H2,1-3H3,(H,19,22)(H,17,18,21). The number of nitrogens with one attached hydrogen (secondary N) is 2. The maximum Gasteiger partial charge on any atom is 0.322 e. The highest BCUT2D eigenvalue weighted by molar-refractivity contribution is 5.89. The lowest BCUT2D eigenvalue weighted by Gasteiger charge is -2.16. The molecular formula is C16H18N4O2. The summed E-state index contributed by atoms with van der Waals surface area (Å²) in [5.74, 6) is 0.570. The first-order valence-corrected chi connectivity index (χ1v) is 7.15. The molecule has 2 N–H and O–H groups in total. The number of fused-ring (bicyclic) bond motifs is 1. The summed E-state index contributed by atoms with van der Waals surface area (Å²) in [7, 11) is 0. The highest BCUT2D eigenvalue weighted by Gasteiger charge is 2.27. The van der Waals surface area contributed by atoms with Gasteiger partial charge in [-0.05, 0) is 44.0 Å². The van der Waals surface area contributed by atoms with Gasteiger partial charge in [-0.25, -0.2) is 9.78 Å². The van der Waals surface area contributed by atoms with E-state index < -0.39 is 0 Å². The average molecular weight is 298 g/mol. The summed E-state index contributed by atoms with van der Waals surface area (Å²) < 4.78 is 0. The third-order valence-electron chi connectivity index (χ3n) is 3.67. The SMILES string of the molecule is Cc1cc(C)cc(NC(=O)N2Cc3nc(C)[nH]c(=O)c3C2)c1. The van der Waals surface area contributed by atoms with Gasteiger partial charge in [-0.3, -0.25) is 4.79 Å². The van der Waals surface area contributed by atoms with E-state index in [-0.39, 0.29) is 18.1 Å². The number of amides is 2. The Hall–Kier alpha value is -2.63. The first-order valence-electron chi connectivity index (χ1n) is 7.15. The van der Waals surface area contributed by atoms with Crippen LogP contribution in [0.5, 0.6) is 0 Å². The van der Waals surface area contributed by atoms with Crippen LogP contribution in [0.2, 0.25) is 0 Å². The van der Waals surface area contributed by atoms with Gasteiger partial charge >= 0.3 is 6.03 Å². The zero-order chi connectivity index (χ0) is 15.9. The molecule has 3 rings (SSSR count). The maximum atomic E-state index is 12.4. The van der Waals surface area contributed by atoms with Gasteiger partial charge in [0.2, 0.25) is 0 Å². The summed E-state index contributed by atoms with van der Waals surface area (Å²) in [6, 6.07) is 5.67. The van der Waals surface area contributed by atoms with Crippen LogP contribution < -0.4 is 10.9 Å². The van der Waals surface area contributed by atoms with Crippen molar-refractivity contribution in [2.45, 2.75) is 33.9 Å². The lowest BCUT2D eigenvalue weighted by Crippen LogP contribution is -2.30. The van der Waals surface area contributed by atoms with Crippen LogP contribution in [0.25, 0.3) is 0 Å². The minimum Gasteiger partial charge on any atom is -0.314 e. The van der Waals surface area contributed by atoms with Crippen LogP contribution in [0, 0.1) is 20.8 Å². The summed E-state index contributed by atoms with van der Waals surface area (Å²) in [4.78, 5) is 32.8. The molecule has 0 radical (unpaired) electrons. The van der Waals surface area contributed by atoms with Crippen molar-refractivity contribution in [2.24, 2.45) is 0 Å². The van der Waals surface area contributed by atoms with E-state index in [0.29, 0.717) is 23.6 Å². The molecule has 0 unspecified atom stereocenters. The third-order valence-corrected chi connectivity index (χ3v) is 3.67. The third kappa shape index (κ3) is 2.72. The number of rotatable bonds is 1. The Morgan fingerprint density at radius 1 is 1.18 bits per heavy atom. The van der Waals surface area contributed by atoms with E-state index in [1.165, 1.54) is 0 Å². The number of H-pyrrole nitrogens is 1. The molecule has 22 heavy (non-hydrogen) atoms. The van der Waals surface area contributed by atoms with Crippen LogP contribution in [0.3, 0.4) is 0 Å². The molecule has 0 aliphatic carbocycles. The fourth-order valence-corrected chi connectivity index (χ4v) is 2.78. The van der Waals surface area contributed by atoms with Crippen molar-refractivity contribution < 1.29 is 4.79 Å². The van der Waals surface area contributed by atoms with E-state index in [0.717, 1.165) is 16.8 Å². The number of anilines is 1. The summed E-state index contributed by atoms with van der Waals surface area (Å²) in [6.45, 7) is 6.35. The number of urea groups is 1. The van der Waals surface area contributed by atoms with Crippen LogP contribution in [0.1, 0.15) is 28.2 Å². The van der Waals surface area contributed by atoms with Gasteiger partial charge in [0.1, 0.15) is 5.82 Å². The molecule has 6 nitrogen and oxygen atoms in total. The molecule has 0 atom stereocenters. The highest BCUT2D eigenvalue weighted by atomic mass is 16.2. The zero-order valence-corrected chi connectivity index (χ0v) is 12.9. The van der Waals surface area contributed by atoms with Crippen molar-refractivity contribution in [1.82, 2.24) is 14.9 Å². The molecule has 2 heterocycles. The molecule has 1 aliphatic rings. The Balaban J connectivity index is 1.78. The number of aryl methyl sites for hydroxylation is 3. The predicted molar refractivity (Wildman–Crippen MR) is 83.8 cm³/mol. The monoisotopic (exact) mass is 298 g/mol. The Morgan fingerprint density at radius 2 is 1.86 bits per heavy atom. The summed E-state index contributed by atoms with van der Waals surface area (Å²) in [6.07, 6.45) is 0. The second kappa shape index (κ2) is 5.29. The van der Waals surface area contributed by atoms with Crippen LogP contribution in [0.4, 0.5) is 10.5 Å². The van der Waals surface area contributed by atoms with E-state index in [1.807, 2.05) is 32.0 Å². The highest BCUT2D eigenvalue weighted by Crippen LogP contribution is 2.20. The minimum absolute atomic E-state index is 0.163. The molecule has 114 valence electrons. The quantitative estimate of drug-likeness (QED) is 0.847. The second-order valence-electron chi connectivity index (χ2n) is 5.74. The second-order valence-corrected chi connectivity index (χ2v) is 5.74. The van der Waals surface area contributed by atoms with Crippen molar-refractivity contribution in [3.05, 3.63) is 56.8 Å². The van der Waals surface area contributed by atoms with E-state index in [9.17, 15) is 9.59 Å². The minimum atomic E-state index is -0.222. The molecule has 6 heteroatoms. The van der Waals surface area contributed by atoms with Crippen molar-refractivity contribution in [3.8, 4) is 0 Å². The molecule has 0 fully saturated rings. The van der Waals surface area contributed by atoms with Crippen LogP contribution in [0.15, 0.2) is 23.0 Å². The van der Waals surface area contributed by atoms with Gasteiger partial charge in [-0.1, -0.05) is 6.07 Å². The van der Waals surface area contributed by atoms with Crippen LogP contribution in [-0.4, -0.2) is 20.9 Å². The topological polar surface area (TPSA) is 78.1 Å². The number of carbonyl (C=O) groups excluding carboxylic acids is 1. The van der Waals surface area contributed by atoms with Crippen molar-refractivity contribution in [1.29, 1.82) is 0 Å². The Morgan fingerprint density at radius 3 is 2.55 bits per heavy atom. The van der Waals surface area contributed by atoms with Gasteiger partial charge in [0.25, 0.3) is 5.56 Å². The first kappa shape index (κ1) is 14.3. The fraction of sp³-hybridized carbons (Fsp3) is 0.312. The maximum absolute atomic E-state index is 12.4. The van der Waals surface area contributed by atoms with Gasteiger partial charge in [0.15, 0.2) is 0 Å². The molecule has 1 aliphatic heterocycles. The normalized spacial score (nSPS) is 13.1. The lowest BCUT2D eigenvalue weighted by molar-refractivity contribution is 0.212. The zero-order valence-electron chi connectivity index (χ0n) is 12.9. The van der Waals surface area contributed by atoms with E-state index in [2.05, 4.69) is 15.3 Å². The number of nitrogens with zero attached hydrogens (tertiary/aromatic N) is 2. The summed E-state index contributed by atoms with van der Waals surface area (Å²) in [5, 5.41) is 2.88. The fourth-order valence-electron chi connectivity index (χ4n) is 2.78. The summed E-state index contributed by atoms with van der Waals surface area (Å²) >= 11 is 0. The Kier molecular flexibility index (Phi) is 3.44. The van der Waals surface area contributed by atoms with Crippen molar-refractivity contribution >= 4 is 11.7 Å². The van der Waals surface area contributed by atoms with Gasteiger partial charge in [-0.15, -0.1) is 0 Å². The van der Waals surface area contributed by atoms with E-state index in [1.54, 1.807) is 11.8 Å². The van der Waals surface area contributed by atoms with E-state index in [4.69, 9.17) is 0 Å². The Bertz CT molecular complexity index is 790. The number of aromatic nitrogens is 2. The molecule has 2 aromatic rings. The average Bonchev–Trinajstić information content (AvgIpc) is 2.81.